The Labute approximate surface area is 683 Å². The van der Waals surface area contributed by atoms with Gasteiger partial charge in [0.25, 0.3) is 5.91 Å². The number of nitrogens with two attached hydrogens (primary N) is 1. The molecule has 2 fully saturated rings. The Bertz CT molecular complexity index is 3730. The molecule has 0 radical (unpaired) electrons. The summed E-state index contributed by atoms with van der Waals surface area (Å²) in [5, 5.41) is 103. The van der Waals surface area contributed by atoms with Crippen LogP contribution in [-0.2, 0) is 97.4 Å². The second-order valence-electron chi connectivity index (χ2n) is 26.5. The number of aromatic amines is 1. The van der Waals surface area contributed by atoms with Crippen molar-refractivity contribution in [1.29, 1.82) is 0 Å². The Hall–Kier alpha value is -8.16. The van der Waals surface area contributed by atoms with Gasteiger partial charge in [-0.1, -0.05) is 10.1 Å². The third kappa shape index (κ3) is 38.6. The molecule has 0 spiro atoms. The van der Waals surface area contributed by atoms with Gasteiger partial charge in [-0.25, -0.2) is 23.9 Å². The van der Waals surface area contributed by atoms with E-state index in [1.807, 2.05) is 4.68 Å². The number of carboxylic acid groups (broad SMARTS) is 4. The topological polar surface area (TPSA) is 612 Å². The van der Waals surface area contributed by atoms with Crippen LogP contribution in [0.5, 0.6) is 5.75 Å². The molecule has 6 unspecified atom stereocenters. The maximum Gasteiger partial charge on any atom is 0.323 e. The summed E-state index contributed by atoms with van der Waals surface area (Å²) in [6, 6.07) is 5.30. The number of rotatable bonds is 54. The number of ether oxygens (including phenoxy) is 6. The molecule has 48 heteroatoms. The van der Waals surface area contributed by atoms with Gasteiger partial charge in [0.15, 0.2) is 12.2 Å². The summed E-state index contributed by atoms with van der Waals surface area (Å²) in [6.45, 7) is 8.30. The molecule has 5 amide bonds. The van der Waals surface area contributed by atoms with Crippen molar-refractivity contribution in [2.45, 2.75) is 112 Å². The van der Waals surface area contributed by atoms with Crippen LogP contribution in [0.4, 0.5) is 5.95 Å². The van der Waals surface area contributed by atoms with Crippen LogP contribution < -0.4 is 47.1 Å². The van der Waals surface area contributed by atoms with E-state index in [1.165, 1.54) is 19.2 Å². The first-order valence-electron chi connectivity index (χ1n) is 37.5. The van der Waals surface area contributed by atoms with Gasteiger partial charge in [0.2, 0.25) is 33.7 Å². The summed E-state index contributed by atoms with van der Waals surface area (Å²) in [5.41, 5.74) is 7.17. The number of H-pyrrole nitrogens is 1. The average Bonchev–Trinajstić information content (AvgIpc) is 1.04. The monoisotopic (exact) mass is 1720 g/mol. The molecular formula is C69H110N16O29S3. The van der Waals surface area contributed by atoms with Crippen molar-refractivity contribution in [3.8, 4) is 5.75 Å². The van der Waals surface area contributed by atoms with Crippen molar-refractivity contribution in [3.05, 3.63) is 65.6 Å². The molecule has 0 bridgehead atoms. The van der Waals surface area contributed by atoms with Gasteiger partial charge in [0, 0.05) is 166 Å². The molecule has 7 atom stereocenters. The predicted molar refractivity (Wildman–Crippen MR) is 417 cm³/mol. The quantitative estimate of drug-likeness (QED) is 0.00953. The van der Waals surface area contributed by atoms with Crippen LogP contribution in [0.3, 0.4) is 0 Å². The maximum atomic E-state index is 13.5. The van der Waals surface area contributed by atoms with E-state index >= 15 is 0 Å². The fourth-order valence-corrected chi connectivity index (χ4v) is 14.7. The van der Waals surface area contributed by atoms with Crippen LogP contribution in [-0.4, -0.2) is 361 Å². The largest absolute Gasteiger partial charge is 0.494 e. The number of benzene rings is 2. The number of hydrogen-bond acceptors (Lipinski definition) is 35. The second kappa shape index (κ2) is 55.6. The van der Waals surface area contributed by atoms with Crippen molar-refractivity contribution in [2.75, 3.05) is 182 Å². The fraction of sp³-hybridized carbons (Fsp3) is 0.638. The van der Waals surface area contributed by atoms with Crippen LogP contribution in [0, 0.1) is 13.8 Å². The smallest absolute Gasteiger partial charge is 0.323 e. The lowest BCUT2D eigenvalue weighted by atomic mass is 10.0. The van der Waals surface area contributed by atoms with Gasteiger partial charge in [0.1, 0.15) is 23.9 Å². The predicted octanol–water partition coefficient (Wildman–Crippen LogP) is -2.34. The standard InChI is InChI=1S/C39H57N9O10S.C30H53N7O19S2/c1-28-23-32(58-18-3-7-35(49)41-12-6-17-56-20-22-57-21-19-55-16-4-10-40)24-29(2)36(28)59(53,54)47-33(38(51)52)27-45-37(50)30-8-9-34-31(25-30)26-46-48(34)15-5-11-42-39-43-13-14-44-39;1-31-29(48)19(2-3-21(38)32-4-13-51-30-27(47)28(58-56-54-50)26(46)20(52-30)18-57-55-53-49)33-22(39)14-34-5-7-35(15-23(40)41)9-11-37(17-25(44)45)12-10-36(8-6-34)16-24(42)43/h8-9,13-14,23-26,33,47H,3-7,10-12,15-22,27,40H2,1-2H3,(H,41,49)(H,45,50)(H,51,52)(H2,42,43,44);19-20,26-28,30,46-47,49-50H,2-18H2,1H3,(H,31,48)(H,32,38)(H,33,39)(H,40,41)(H,42,43)(H,44,45)/t;19-,20?,26?,27?,28?,30?/m.1/s1. The number of nitrogens with zero attached hydrogens (tertiary/aromatic N) is 7. The zero-order valence-electron chi connectivity index (χ0n) is 65.3. The molecule has 4 heterocycles. The molecule has 2 saturated heterocycles. The van der Waals surface area contributed by atoms with Gasteiger partial charge < -0.3 is 102 Å². The van der Waals surface area contributed by atoms with E-state index in [9.17, 15) is 82.2 Å². The summed E-state index contributed by atoms with van der Waals surface area (Å²) in [7, 11) is -2.99. The summed E-state index contributed by atoms with van der Waals surface area (Å²) in [6.07, 6.45) is 2.34. The molecule has 18 N–H and O–H groups in total. The summed E-state index contributed by atoms with van der Waals surface area (Å²) < 4.78 is 72.9. The molecule has 6 rings (SSSR count). The highest BCUT2D eigenvalue weighted by Gasteiger charge is 2.47. The lowest BCUT2D eigenvalue weighted by Crippen LogP contribution is -2.58. The molecule has 2 aromatic heterocycles. The van der Waals surface area contributed by atoms with E-state index in [2.05, 4.69) is 70.4 Å². The first kappa shape index (κ1) is 99.4. The number of aliphatic carboxylic acids is 4. The van der Waals surface area contributed by atoms with Gasteiger partial charge in [0.05, 0.1) is 106 Å². The van der Waals surface area contributed by atoms with Crippen LogP contribution in [0.15, 0.2) is 53.8 Å². The molecule has 45 nitrogen and oxygen atoms in total. The van der Waals surface area contributed by atoms with Crippen molar-refractivity contribution < 1.29 is 140 Å². The minimum Gasteiger partial charge on any atom is -0.494 e. The number of imidazole rings is 1. The second-order valence-corrected chi connectivity index (χ2v) is 29.8. The van der Waals surface area contributed by atoms with E-state index in [0.29, 0.717) is 126 Å². The molecule has 4 aromatic rings. The van der Waals surface area contributed by atoms with E-state index in [4.69, 9.17) is 44.7 Å². The van der Waals surface area contributed by atoms with Crippen molar-refractivity contribution in [1.82, 2.24) is 70.7 Å². The van der Waals surface area contributed by atoms with Gasteiger partial charge in [-0.05, 0) is 94.0 Å². The number of carbonyl (C=O) groups is 9. The Morgan fingerprint density at radius 1 is 0.675 bits per heavy atom. The number of anilines is 1. The van der Waals surface area contributed by atoms with Crippen LogP contribution in [0.25, 0.3) is 10.9 Å². The van der Waals surface area contributed by atoms with Gasteiger partial charge in [-0.2, -0.15) is 9.82 Å². The first-order valence-corrected chi connectivity index (χ1v) is 40.7. The number of carboxylic acids is 4. The number of likely N-dealkylation sites (N-methyl/N-ethyl adjacent to an activating group) is 1. The number of fused-ring (bicyclic) bond motifs is 1. The van der Waals surface area contributed by atoms with Gasteiger partial charge in [-0.15, -0.1) is 8.67 Å². The number of carbonyl (C=O) groups excluding carboxylic acids is 5. The average molecular weight is 1720 g/mol. The Balaban J connectivity index is 0.000000417. The number of aliphatic hydroxyl groups is 2. The molecule has 0 aliphatic carbocycles. The summed E-state index contributed by atoms with van der Waals surface area (Å²) >= 11 is 0.948. The normalized spacial score (nSPS) is 17.9. The number of amides is 5. The van der Waals surface area contributed by atoms with E-state index < -0.39 is 106 Å². The molecule has 117 heavy (non-hydrogen) atoms. The van der Waals surface area contributed by atoms with Crippen LogP contribution >= 0.6 is 24.1 Å². The van der Waals surface area contributed by atoms with Crippen molar-refractivity contribution in [3.63, 3.8) is 0 Å². The third-order valence-electron chi connectivity index (χ3n) is 17.6. The zero-order chi connectivity index (χ0) is 85.5. The lowest BCUT2D eigenvalue weighted by Gasteiger charge is -2.41. The fourth-order valence-electron chi connectivity index (χ4n) is 11.9. The minimum absolute atomic E-state index is 0.0930. The summed E-state index contributed by atoms with van der Waals surface area (Å²) in [5.74, 6) is -6.15. The lowest BCUT2D eigenvalue weighted by molar-refractivity contribution is -0.433. The number of hydrogen-bond donors (Lipinski definition) is 17. The highest BCUT2D eigenvalue weighted by molar-refractivity contribution is 7.95. The zero-order valence-corrected chi connectivity index (χ0v) is 67.7. The summed E-state index contributed by atoms with van der Waals surface area (Å²) in [4.78, 5) is 124. The molecule has 2 aromatic carbocycles. The Kier molecular flexibility index (Phi) is 47.2. The van der Waals surface area contributed by atoms with Crippen molar-refractivity contribution in [2.24, 2.45) is 5.73 Å². The minimum atomic E-state index is -4.34. The van der Waals surface area contributed by atoms with Crippen LogP contribution in [0.1, 0.15) is 66.4 Å². The highest BCUT2D eigenvalue weighted by Crippen LogP contribution is 2.33. The molecular weight excluding hydrogens is 1610 g/mol. The van der Waals surface area contributed by atoms with Gasteiger partial charge >= 0.3 is 23.9 Å². The van der Waals surface area contributed by atoms with Gasteiger partial charge in [-0.3, -0.25) is 67.4 Å². The number of aromatic nitrogens is 4. The van der Waals surface area contributed by atoms with Crippen molar-refractivity contribution >= 4 is 104 Å². The first-order chi connectivity index (χ1) is 56.1. The SMILES string of the molecule is CNC(=O)[C@@H](CCC(=O)NCCOC1OC(CSOOO)C(O)C(SOOO)C1O)NC(=O)CN1CCN(CC(=O)O)CCN(CC(=O)O)CCN(CC(=O)O)CC1.Cc1cc(OCCCC(=O)NCCCOCCOCCOCCCN)cc(C)c1S(=O)(=O)NC(CNC(=O)c1ccc2c(cnn2CCCNc2ncc[nH]2)c1)C(=O)O. The molecule has 2 aliphatic heterocycles. The third-order valence-corrected chi connectivity index (χ3v) is 20.9. The number of aryl methyl sites for hydroxylation is 3. The Morgan fingerprint density at radius 3 is 1.84 bits per heavy atom. The van der Waals surface area contributed by atoms with Crippen LogP contribution in [0.2, 0.25) is 0 Å². The van der Waals surface area contributed by atoms with E-state index in [-0.39, 0.29) is 140 Å². The van der Waals surface area contributed by atoms with E-state index in [1.54, 1.807) is 70.2 Å². The molecule has 658 valence electrons. The molecule has 0 saturated carbocycles. The number of nitrogens with one attached hydrogen (secondary N) is 8. The number of sulfonamides is 1. The molecule has 2 aliphatic rings. The maximum absolute atomic E-state index is 13.5. The Morgan fingerprint density at radius 2 is 1.26 bits per heavy atom. The highest BCUT2D eigenvalue weighted by atomic mass is 32.2. The number of aliphatic hydroxyl groups excluding tert-OH is 2. The van der Waals surface area contributed by atoms with E-state index in [0.717, 1.165) is 23.7 Å².